The van der Waals surface area contributed by atoms with Crippen LogP contribution in [0.2, 0.25) is 10.2 Å². The molecule has 4 rings (SSSR count). The molecule has 0 saturated carbocycles. The van der Waals surface area contributed by atoms with Gasteiger partial charge in [0.1, 0.15) is 11.0 Å². The van der Waals surface area contributed by atoms with Crippen molar-refractivity contribution in [3.8, 4) is 28.7 Å². The number of halogens is 2. The third-order valence-corrected chi connectivity index (χ3v) is 6.97. The molecule has 4 aromatic rings. The first-order valence-corrected chi connectivity index (χ1v) is 12.1. The second-order valence-corrected chi connectivity index (χ2v) is 9.69. The molecule has 1 aromatic heterocycles. The zero-order chi connectivity index (χ0) is 24.3. The van der Waals surface area contributed by atoms with E-state index in [0.29, 0.717) is 39.6 Å². The number of aromatic nitrogens is 2. The van der Waals surface area contributed by atoms with Crippen molar-refractivity contribution >= 4 is 39.5 Å². The summed E-state index contributed by atoms with van der Waals surface area (Å²) < 4.78 is 28.5. The van der Waals surface area contributed by atoms with Crippen molar-refractivity contribution in [2.45, 2.75) is 11.4 Å². The van der Waals surface area contributed by atoms with Gasteiger partial charge in [0.15, 0.2) is 12.5 Å². The number of hydrogen-bond donors (Lipinski definition) is 1. The van der Waals surface area contributed by atoms with Gasteiger partial charge in [0.25, 0.3) is 10.0 Å². The van der Waals surface area contributed by atoms with Gasteiger partial charge < -0.3 is 4.57 Å². The molecular weight excluding hydrogens is 495 g/mol. The van der Waals surface area contributed by atoms with Crippen LogP contribution in [0.15, 0.2) is 77.8 Å². The van der Waals surface area contributed by atoms with Gasteiger partial charge in [0.2, 0.25) is 0 Å². The number of nitriles is 1. The fraction of sp³-hybridized carbons (Fsp3) is 0.0417. The molecule has 1 heterocycles. The third-order valence-electron chi connectivity index (χ3n) is 5.14. The fourth-order valence-corrected chi connectivity index (χ4v) is 5.01. The van der Waals surface area contributed by atoms with Crippen molar-refractivity contribution in [1.82, 2.24) is 14.3 Å². The first-order chi connectivity index (χ1) is 16.3. The molecule has 0 amide bonds. The molecule has 0 unspecified atom stereocenters. The van der Waals surface area contributed by atoms with Crippen LogP contribution in [0.1, 0.15) is 15.9 Å². The zero-order valence-electron chi connectivity index (χ0n) is 17.4. The minimum absolute atomic E-state index is 0.0329. The van der Waals surface area contributed by atoms with Crippen molar-refractivity contribution in [3.63, 3.8) is 0 Å². The highest BCUT2D eigenvalue weighted by Crippen LogP contribution is 2.32. The Bertz CT molecular complexity index is 1540. The molecule has 0 radical (unpaired) electrons. The molecule has 7 nitrogen and oxygen atoms in total. The van der Waals surface area contributed by atoms with Gasteiger partial charge in [-0.1, -0.05) is 77.8 Å². The minimum Gasteiger partial charge on any atom is -0.325 e. The van der Waals surface area contributed by atoms with E-state index in [4.69, 9.17) is 28.5 Å². The van der Waals surface area contributed by atoms with E-state index in [1.807, 2.05) is 10.8 Å². The molecule has 0 atom stereocenters. The van der Waals surface area contributed by atoms with Crippen LogP contribution in [0.5, 0.6) is 0 Å². The topological polar surface area (TPSA) is 105 Å². The molecule has 0 saturated heterocycles. The Balaban J connectivity index is 1.72. The summed E-state index contributed by atoms with van der Waals surface area (Å²) in [5, 5.41) is 9.46. The van der Waals surface area contributed by atoms with E-state index in [2.05, 4.69) is 4.98 Å². The van der Waals surface area contributed by atoms with Gasteiger partial charge in [-0.25, -0.2) is 18.1 Å². The van der Waals surface area contributed by atoms with Crippen molar-refractivity contribution < 1.29 is 13.2 Å². The molecule has 0 spiro atoms. The molecule has 170 valence electrons. The quantitative estimate of drug-likeness (QED) is 0.210. The number of sulfonamides is 1. The number of benzene rings is 3. The number of nitrogens with one attached hydrogen (secondary N) is 1. The lowest BCUT2D eigenvalue weighted by atomic mass is 10.0. The highest BCUT2D eigenvalue weighted by atomic mass is 35.5. The molecule has 34 heavy (non-hydrogen) atoms. The molecule has 0 aliphatic carbocycles. The summed E-state index contributed by atoms with van der Waals surface area (Å²) in [6, 6.07) is 18.6. The van der Waals surface area contributed by atoms with E-state index >= 15 is 0 Å². The number of carbonyl (C=O) groups excluding carboxylic acids is 1. The Hall–Kier alpha value is -3.64. The van der Waals surface area contributed by atoms with E-state index in [1.54, 1.807) is 65.4 Å². The monoisotopic (exact) mass is 510 g/mol. The molecule has 0 bridgehead atoms. The molecular formula is C24H16Cl2N4O3S. The lowest BCUT2D eigenvalue weighted by Crippen LogP contribution is -2.18. The summed E-state index contributed by atoms with van der Waals surface area (Å²) in [5.41, 5.74) is 2.84. The van der Waals surface area contributed by atoms with E-state index in [9.17, 15) is 13.2 Å². The number of rotatable bonds is 7. The average molecular weight is 511 g/mol. The van der Waals surface area contributed by atoms with Crippen LogP contribution < -0.4 is 4.72 Å². The maximum Gasteiger partial charge on any atom is 0.270 e. The molecule has 0 aliphatic rings. The first kappa shape index (κ1) is 23.5. The second-order valence-electron chi connectivity index (χ2n) is 7.24. The summed E-state index contributed by atoms with van der Waals surface area (Å²) in [6.45, 7) is 0.317. The smallest absolute Gasteiger partial charge is 0.270 e. The highest BCUT2D eigenvalue weighted by molar-refractivity contribution is 7.89. The Morgan fingerprint density at radius 2 is 1.74 bits per heavy atom. The lowest BCUT2D eigenvalue weighted by molar-refractivity contribution is 0.112. The third kappa shape index (κ3) is 4.68. The maximum atomic E-state index is 12.4. The molecule has 0 fully saturated rings. The SMILES string of the molecule is N#CNS(=O)(=O)c1ccccc1-c1ccc(Cn2cc(Cl)nc2-c2ccccc2C=O)c(Cl)c1. The number of carbonyl (C=O) groups is 1. The van der Waals surface area contributed by atoms with Gasteiger partial charge in [-0.05, 0) is 23.3 Å². The summed E-state index contributed by atoms with van der Waals surface area (Å²) in [5.74, 6) is 0.520. The van der Waals surface area contributed by atoms with Crippen LogP contribution in [0.3, 0.4) is 0 Å². The van der Waals surface area contributed by atoms with Crippen molar-refractivity contribution in [3.05, 3.63) is 94.2 Å². The van der Waals surface area contributed by atoms with Gasteiger partial charge >= 0.3 is 0 Å². The predicted octanol–water partition coefficient (Wildman–Crippen LogP) is 5.14. The zero-order valence-corrected chi connectivity index (χ0v) is 19.8. The van der Waals surface area contributed by atoms with Gasteiger partial charge in [-0.3, -0.25) is 4.79 Å². The predicted molar refractivity (Wildman–Crippen MR) is 130 cm³/mol. The van der Waals surface area contributed by atoms with Crippen molar-refractivity contribution in [1.29, 1.82) is 5.26 Å². The standard InChI is InChI=1S/C24H16Cl2N4O3S/c25-21-11-16(19-6-3-4-8-22(19)34(32,33)28-15-27)9-10-17(21)12-30-13-23(26)29-24(30)20-7-2-1-5-18(20)14-31/h1-11,13-14,28H,12H2. The van der Waals surface area contributed by atoms with Crippen molar-refractivity contribution in [2.75, 3.05) is 0 Å². The summed E-state index contributed by atoms with van der Waals surface area (Å²) >= 11 is 12.7. The Morgan fingerprint density at radius 1 is 1.03 bits per heavy atom. The van der Waals surface area contributed by atoms with Crippen LogP contribution in [-0.4, -0.2) is 24.3 Å². The summed E-state index contributed by atoms with van der Waals surface area (Å²) in [4.78, 5) is 15.8. The van der Waals surface area contributed by atoms with Gasteiger partial charge in [0, 0.05) is 27.9 Å². The molecule has 3 aromatic carbocycles. The summed E-state index contributed by atoms with van der Waals surface area (Å²) in [7, 11) is -4.01. The largest absolute Gasteiger partial charge is 0.325 e. The van der Waals surface area contributed by atoms with Gasteiger partial charge in [0.05, 0.1) is 11.4 Å². The number of aldehydes is 1. The number of hydrogen-bond acceptors (Lipinski definition) is 5. The Kier molecular flexibility index (Phi) is 6.70. The fourth-order valence-electron chi connectivity index (χ4n) is 3.60. The van der Waals surface area contributed by atoms with Gasteiger partial charge in [-0.2, -0.15) is 5.26 Å². The van der Waals surface area contributed by atoms with E-state index < -0.39 is 10.0 Å². The average Bonchev–Trinajstić information content (AvgIpc) is 3.20. The molecule has 0 aliphatic heterocycles. The lowest BCUT2D eigenvalue weighted by Gasteiger charge is -2.13. The first-order valence-electron chi connectivity index (χ1n) is 9.90. The van der Waals surface area contributed by atoms with Crippen LogP contribution in [0.25, 0.3) is 22.5 Å². The van der Waals surface area contributed by atoms with Crippen LogP contribution in [0.4, 0.5) is 0 Å². The summed E-state index contributed by atoms with van der Waals surface area (Å²) in [6.07, 6.45) is 3.87. The number of imidazole rings is 1. The molecule has 1 N–H and O–H groups in total. The minimum atomic E-state index is -4.01. The Labute approximate surface area is 206 Å². The van der Waals surface area contributed by atoms with Crippen LogP contribution >= 0.6 is 23.2 Å². The van der Waals surface area contributed by atoms with E-state index in [0.717, 1.165) is 11.8 Å². The van der Waals surface area contributed by atoms with Crippen LogP contribution in [-0.2, 0) is 16.6 Å². The number of nitrogens with zero attached hydrogens (tertiary/aromatic N) is 3. The molecule has 10 heteroatoms. The van der Waals surface area contributed by atoms with Gasteiger partial charge in [-0.15, -0.1) is 0 Å². The maximum absolute atomic E-state index is 12.4. The van der Waals surface area contributed by atoms with E-state index in [-0.39, 0.29) is 10.0 Å². The van der Waals surface area contributed by atoms with Crippen LogP contribution in [0, 0.1) is 11.5 Å². The van der Waals surface area contributed by atoms with E-state index in [1.165, 1.54) is 12.3 Å². The normalized spacial score (nSPS) is 11.1. The van der Waals surface area contributed by atoms with Crippen molar-refractivity contribution in [2.24, 2.45) is 0 Å². The Morgan fingerprint density at radius 3 is 2.44 bits per heavy atom. The second kappa shape index (κ2) is 9.69. The highest BCUT2D eigenvalue weighted by Gasteiger charge is 2.19.